The van der Waals surface area contributed by atoms with Crippen molar-refractivity contribution in [2.75, 3.05) is 0 Å². The number of fused-ring (bicyclic) bond motifs is 1. The number of carbonyl (C=O) groups is 2. The van der Waals surface area contributed by atoms with Gasteiger partial charge < -0.3 is 15.2 Å². The zero-order valence-electron chi connectivity index (χ0n) is 11.4. The lowest BCUT2D eigenvalue weighted by molar-refractivity contribution is -0.307. The molecule has 0 saturated carbocycles. The summed E-state index contributed by atoms with van der Waals surface area (Å²) in [5.74, 6) is -2.06. The van der Waals surface area contributed by atoms with Crippen molar-refractivity contribution in [2.24, 2.45) is 0 Å². The Balaban J connectivity index is 2.33. The third-order valence-electron chi connectivity index (χ3n) is 3.05. The SMILES string of the molecule is C[C@H](NC(=O)[C@H](C)n1nnc2ccccc2c1=O)C(=O)[O-]. The van der Waals surface area contributed by atoms with Crippen LogP contribution < -0.4 is 16.0 Å². The topological polar surface area (TPSA) is 117 Å². The number of rotatable bonds is 4. The van der Waals surface area contributed by atoms with E-state index < -0.39 is 29.5 Å². The van der Waals surface area contributed by atoms with Crippen LogP contribution in [-0.4, -0.2) is 32.9 Å². The minimum atomic E-state index is -1.41. The zero-order chi connectivity index (χ0) is 15.6. The maximum Gasteiger partial charge on any atom is 0.278 e. The highest BCUT2D eigenvalue weighted by molar-refractivity contribution is 5.85. The van der Waals surface area contributed by atoms with Gasteiger partial charge in [-0.3, -0.25) is 9.59 Å². The van der Waals surface area contributed by atoms with Crippen LogP contribution >= 0.6 is 0 Å². The number of aliphatic carboxylic acids is 1. The average Bonchev–Trinajstić information content (AvgIpc) is 2.47. The van der Waals surface area contributed by atoms with Crippen LogP contribution in [0.2, 0.25) is 0 Å². The van der Waals surface area contributed by atoms with Crippen molar-refractivity contribution < 1.29 is 14.7 Å². The minimum Gasteiger partial charge on any atom is -0.548 e. The highest BCUT2D eigenvalue weighted by Gasteiger charge is 2.20. The van der Waals surface area contributed by atoms with Gasteiger partial charge in [0.15, 0.2) is 0 Å². The molecular weight excluding hydrogens is 276 g/mol. The summed E-state index contributed by atoms with van der Waals surface area (Å²) in [5.41, 5.74) is -0.0428. The van der Waals surface area contributed by atoms with Crippen molar-refractivity contribution in [1.82, 2.24) is 20.3 Å². The van der Waals surface area contributed by atoms with E-state index >= 15 is 0 Å². The molecule has 0 fully saturated rings. The molecule has 8 heteroatoms. The fourth-order valence-electron chi connectivity index (χ4n) is 1.76. The largest absolute Gasteiger partial charge is 0.548 e. The van der Waals surface area contributed by atoms with Crippen molar-refractivity contribution in [3.63, 3.8) is 0 Å². The van der Waals surface area contributed by atoms with Gasteiger partial charge in [0.05, 0.1) is 17.4 Å². The number of carboxylic acids is 1. The number of amides is 1. The van der Waals surface area contributed by atoms with Gasteiger partial charge in [-0.1, -0.05) is 17.3 Å². The summed E-state index contributed by atoms with van der Waals surface area (Å²) >= 11 is 0. The van der Waals surface area contributed by atoms with Crippen LogP contribution in [0.3, 0.4) is 0 Å². The molecule has 0 saturated heterocycles. The molecule has 8 nitrogen and oxygen atoms in total. The Hall–Kier alpha value is -2.77. The van der Waals surface area contributed by atoms with E-state index in [-0.39, 0.29) is 0 Å². The van der Waals surface area contributed by atoms with Crippen LogP contribution in [0.1, 0.15) is 19.9 Å². The summed E-state index contributed by atoms with van der Waals surface area (Å²) in [6.45, 7) is 2.71. The summed E-state index contributed by atoms with van der Waals surface area (Å²) in [6.07, 6.45) is 0. The van der Waals surface area contributed by atoms with E-state index in [1.807, 2.05) is 0 Å². The first kappa shape index (κ1) is 14.6. The van der Waals surface area contributed by atoms with E-state index in [0.717, 1.165) is 4.68 Å². The van der Waals surface area contributed by atoms with Crippen LogP contribution in [0, 0.1) is 0 Å². The molecule has 0 aliphatic carbocycles. The standard InChI is InChI=1S/C13H14N4O4/c1-7(13(20)21)14-11(18)8(2)17-12(19)9-5-3-4-6-10(9)15-16-17/h3-8H,1-2H3,(H,14,18)(H,20,21)/p-1/t7-,8-/m0/s1. The number of benzene rings is 1. The van der Waals surface area contributed by atoms with Crippen molar-refractivity contribution in [2.45, 2.75) is 25.9 Å². The molecule has 0 aliphatic heterocycles. The molecule has 0 bridgehead atoms. The first-order valence-corrected chi connectivity index (χ1v) is 6.27. The number of carbonyl (C=O) groups excluding carboxylic acids is 2. The molecule has 1 aromatic carbocycles. The van der Waals surface area contributed by atoms with Crippen molar-refractivity contribution in [3.8, 4) is 0 Å². The predicted octanol–water partition coefficient (Wildman–Crippen LogP) is -1.39. The quantitative estimate of drug-likeness (QED) is 0.740. The van der Waals surface area contributed by atoms with Gasteiger partial charge in [-0.05, 0) is 26.0 Å². The second-order valence-corrected chi connectivity index (χ2v) is 4.58. The smallest absolute Gasteiger partial charge is 0.278 e. The van der Waals surface area contributed by atoms with Gasteiger partial charge in [-0.2, -0.15) is 4.68 Å². The lowest BCUT2D eigenvalue weighted by Gasteiger charge is -2.18. The summed E-state index contributed by atoms with van der Waals surface area (Å²) < 4.78 is 0.916. The molecule has 0 spiro atoms. The molecule has 0 aliphatic rings. The Morgan fingerprint density at radius 1 is 1.29 bits per heavy atom. The van der Waals surface area contributed by atoms with Crippen LogP contribution in [-0.2, 0) is 9.59 Å². The van der Waals surface area contributed by atoms with E-state index in [4.69, 9.17) is 0 Å². The van der Waals surface area contributed by atoms with Gasteiger partial charge >= 0.3 is 0 Å². The average molecular weight is 289 g/mol. The number of nitrogens with zero attached hydrogens (tertiary/aromatic N) is 3. The first-order chi connectivity index (χ1) is 9.91. The Morgan fingerprint density at radius 3 is 2.62 bits per heavy atom. The van der Waals surface area contributed by atoms with Crippen LogP contribution in [0.4, 0.5) is 0 Å². The van der Waals surface area contributed by atoms with Gasteiger partial charge in [0, 0.05) is 0 Å². The number of aromatic nitrogens is 3. The lowest BCUT2D eigenvalue weighted by Crippen LogP contribution is -2.48. The highest BCUT2D eigenvalue weighted by Crippen LogP contribution is 2.06. The molecule has 0 unspecified atom stereocenters. The Kier molecular flexibility index (Phi) is 3.97. The van der Waals surface area contributed by atoms with E-state index in [2.05, 4.69) is 15.6 Å². The molecule has 1 N–H and O–H groups in total. The normalized spacial score (nSPS) is 13.6. The van der Waals surface area contributed by atoms with Crippen LogP contribution in [0.15, 0.2) is 29.1 Å². The maximum atomic E-state index is 12.2. The predicted molar refractivity (Wildman–Crippen MR) is 71.1 cm³/mol. The molecule has 0 radical (unpaired) electrons. The zero-order valence-corrected chi connectivity index (χ0v) is 11.4. The number of carboxylic acid groups (broad SMARTS) is 1. The molecule has 2 atom stereocenters. The Morgan fingerprint density at radius 2 is 1.95 bits per heavy atom. The van der Waals surface area contributed by atoms with E-state index in [1.54, 1.807) is 24.3 Å². The number of hydrogen-bond acceptors (Lipinski definition) is 6. The van der Waals surface area contributed by atoms with Crippen molar-refractivity contribution in [3.05, 3.63) is 34.6 Å². The second-order valence-electron chi connectivity index (χ2n) is 4.58. The molecular formula is C13H13N4O4-. The summed E-state index contributed by atoms with van der Waals surface area (Å²) in [4.78, 5) is 34.8. The van der Waals surface area contributed by atoms with Crippen LogP contribution in [0.25, 0.3) is 10.9 Å². The van der Waals surface area contributed by atoms with Gasteiger partial charge in [-0.15, -0.1) is 5.10 Å². The van der Waals surface area contributed by atoms with Gasteiger partial charge in [-0.25, -0.2) is 0 Å². The van der Waals surface area contributed by atoms with Crippen molar-refractivity contribution >= 4 is 22.8 Å². The van der Waals surface area contributed by atoms with E-state index in [0.29, 0.717) is 10.9 Å². The second kappa shape index (κ2) is 5.70. The Bertz CT molecular complexity index is 755. The molecule has 21 heavy (non-hydrogen) atoms. The minimum absolute atomic E-state index is 0.333. The third-order valence-corrected chi connectivity index (χ3v) is 3.05. The highest BCUT2D eigenvalue weighted by atomic mass is 16.4. The fraction of sp³-hybridized carbons (Fsp3) is 0.308. The number of nitrogens with one attached hydrogen (secondary N) is 1. The Labute approximate surface area is 119 Å². The van der Waals surface area contributed by atoms with E-state index in [9.17, 15) is 19.5 Å². The maximum absolute atomic E-state index is 12.2. The molecule has 1 aromatic heterocycles. The number of hydrogen-bond donors (Lipinski definition) is 1. The monoisotopic (exact) mass is 289 g/mol. The lowest BCUT2D eigenvalue weighted by atomic mass is 10.2. The van der Waals surface area contributed by atoms with Gasteiger partial charge in [0.1, 0.15) is 11.6 Å². The molecule has 2 aromatic rings. The van der Waals surface area contributed by atoms with Crippen molar-refractivity contribution in [1.29, 1.82) is 0 Å². The molecule has 2 rings (SSSR count). The van der Waals surface area contributed by atoms with Gasteiger partial charge in [0.2, 0.25) is 5.91 Å². The molecule has 1 amide bonds. The summed E-state index contributed by atoms with van der Waals surface area (Å²) in [7, 11) is 0. The summed E-state index contributed by atoms with van der Waals surface area (Å²) in [6, 6.07) is 4.46. The molecule has 110 valence electrons. The van der Waals surface area contributed by atoms with Gasteiger partial charge in [0.25, 0.3) is 5.56 Å². The fourth-order valence-corrected chi connectivity index (χ4v) is 1.76. The summed E-state index contributed by atoms with van der Waals surface area (Å²) in [5, 5.41) is 20.7. The first-order valence-electron chi connectivity index (χ1n) is 6.27. The third kappa shape index (κ3) is 2.88. The van der Waals surface area contributed by atoms with E-state index in [1.165, 1.54) is 13.8 Å². The molecule has 1 heterocycles. The van der Waals surface area contributed by atoms with Crippen LogP contribution in [0.5, 0.6) is 0 Å².